The van der Waals surface area contributed by atoms with Crippen LogP contribution in [0.25, 0.3) is 0 Å². The normalized spacial score (nSPS) is 8.00. The fourth-order valence-electron chi connectivity index (χ4n) is 1.68. The summed E-state index contributed by atoms with van der Waals surface area (Å²) in [5.41, 5.74) is 0. The summed E-state index contributed by atoms with van der Waals surface area (Å²) in [6.07, 6.45) is 0. The SMILES string of the molecule is [Mg+2].[Mg+2].[O-]c1ccccc1.[O-]c1ccccc1.[O-]c1ccccc1.[O-]c1ccccc1. The third kappa shape index (κ3) is 17.7. The molecule has 0 spiro atoms. The first-order chi connectivity index (χ1) is 13.6. The van der Waals surface area contributed by atoms with Gasteiger partial charge < -0.3 is 20.4 Å². The molecule has 0 aromatic heterocycles. The van der Waals surface area contributed by atoms with Gasteiger partial charge >= 0.3 is 46.1 Å². The molecule has 30 heavy (non-hydrogen) atoms. The Labute approximate surface area is 209 Å². The van der Waals surface area contributed by atoms with E-state index in [2.05, 4.69) is 0 Å². The van der Waals surface area contributed by atoms with Gasteiger partial charge in [0.05, 0.1) is 0 Å². The second kappa shape index (κ2) is 19.9. The van der Waals surface area contributed by atoms with Crippen LogP contribution in [0, 0.1) is 0 Å². The summed E-state index contributed by atoms with van der Waals surface area (Å²) in [7, 11) is 0. The van der Waals surface area contributed by atoms with Crippen molar-refractivity contribution in [2.75, 3.05) is 0 Å². The maximum absolute atomic E-state index is 10.3. The predicted molar refractivity (Wildman–Crippen MR) is 115 cm³/mol. The Bertz CT molecular complexity index is 697. The molecule has 0 aliphatic carbocycles. The largest absolute Gasteiger partial charge is 2.00 e. The standard InChI is InChI=1S/4C6H6O.2Mg/c4*7-6-4-2-1-3-5-6;;/h4*1-5,7H;;/q;;;;2*+2/p-4. The fourth-order valence-corrected chi connectivity index (χ4v) is 1.68. The van der Waals surface area contributed by atoms with Crippen molar-refractivity contribution in [3.8, 4) is 23.0 Å². The molecule has 0 N–H and O–H groups in total. The predicted octanol–water partition coefficient (Wildman–Crippen LogP) is 2.28. The summed E-state index contributed by atoms with van der Waals surface area (Å²) in [6.45, 7) is 0. The molecule has 0 aliphatic heterocycles. The topological polar surface area (TPSA) is 92.2 Å². The average Bonchev–Trinajstić information content (AvgIpc) is 2.72. The van der Waals surface area contributed by atoms with Gasteiger partial charge in [-0.05, 0) is 0 Å². The van der Waals surface area contributed by atoms with Crippen molar-refractivity contribution in [3.05, 3.63) is 121 Å². The van der Waals surface area contributed by atoms with Gasteiger partial charge in [0.1, 0.15) is 0 Å². The second-order valence-corrected chi connectivity index (χ2v) is 5.25. The zero-order chi connectivity index (χ0) is 20.5. The molecule has 4 rings (SSSR count). The molecular weight excluding hydrogens is 401 g/mol. The Hall–Kier alpha value is -2.39. The van der Waals surface area contributed by atoms with E-state index in [0.717, 1.165) is 0 Å². The van der Waals surface area contributed by atoms with E-state index in [1.165, 1.54) is 48.5 Å². The van der Waals surface area contributed by atoms with Crippen molar-refractivity contribution in [2.24, 2.45) is 0 Å². The van der Waals surface area contributed by atoms with Crippen LogP contribution in [0.5, 0.6) is 23.0 Å². The van der Waals surface area contributed by atoms with E-state index < -0.39 is 0 Å². The second-order valence-electron chi connectivity index (χ2n) is 5.25. The summed E-state index contributed by atoms with van der Waals surface area (Å²) in [6, 6.07) is 33.3. The number of hydrogen-bond acceptors (Lipinski definition) is 4. The molecule has 0 aliphatic rings. The van der Waals surface area contributed by atoms with Crippen LogP contribution in [-0.2, 0) is 0 Å². The minimum absolute atomic E-state index is 0. The Morgan fingerprint density at radius 3 is 0.467 bits per heavy atom. The summed E-state index contributed by atoms with van der Waals surface area (Å²) in [5.74, 6) is 0.287. The van der Waals surface area contributed by atoms with Crippen LogP contribution >= 0.6 is 0 Å². The van der Waals surface area contributed by atoms with Crippen LogP contribution in [-0.4, -0.2) is 46.1 Å². The van der Waals surface area contributed by atoms with Crippen molar-refractivity contribution in [2.45, 2.75) is 0 Å². The molecule has 0 heterocycles. The van der Waals surface area contributed by atoms with E-state index in [1.54, 1.807) is 48.5 Å². The van der Waals surface area contributed by atoms with Crippen molar-refractivity contribution in [1.82, 2.24) is 0 Å². The first-order valence-corrected chi connectivity index (χ1v) is 8.46. The summed E-state index contributed by atoms with van der Waals surface area (Å²) >= 11 is 0. The third-order valence-electron chi connectivity index (χ3n) is 2.97. The van der Waals surface area contributed by atoms with E-state index in [9.17, 15) is 20.4 Å². The minimum atomic E-state index is 0. The van der Waals surface area contributed by atoms with Crippen LogP contribution in [0.3, 0.4) is 0 Å². The van der Waals surface area contributed by atoms with E-state index in [4.69, 9.17) is 0 Å². The van der Waals surface area contributed by atoms with Crippen LogP contribution in [0.1, 0.15) is 0 Å². The zero-order valence-electron chi connectivity index (χ0n) is 16.6. The molecule has 4 aromatic carbocycles. The monoisotopic (exact) mass is 420 g/mol. The van der Waals surface area contributed by atoms with Gasteiger partial charge in [-0.25, -0.2) is 0 Å². The molecule has 0 saturated carbocycles. The zero-order valence-corrected chi connectivity index (χ0v) is 19.4. The van der Waals surface area contributed by atoms with Crippen LogP contribution in [0.2, 0.25) is 0 Å². The van der Waals surface area contributed by atoms with Crippen molar-refractivity contribution in [3.63, 3.8) is 0 Å². The molecule has 0 atom stereocenters. The molecular formula is C24H20Mg2O4. The van der Waals surface area contributed by atoms with Gasteiger partial charge in [-0.15, -0.1) is 23.0 Å². The number of rotatable bonds is 0. The van der Waals surface area contributed by atoms with Gasteiger partial charge in [-0.2, -0.15) is 0 Å². The molecule has 0 amide bonds. The quantitative estimate of drug-likeness (QED) is 0.408. The van der Waals surface area contributed by atoms with Gasteiger partial charge in [0.25, 0.3) is 0 Å². The molecule has 4 aromatic rings. The smallest absolute Gasteiger partial charge is 0.872 e. The Balaban J connectivity index is 0. The third-order valence-corrected chi connectivity index (χ3v) is 2.97. The van der Waals surface area contributed by atoms with Crippen LogP contribution < -0.4 is 20.4 Å². The van der Waals surface area contributed by atoms with Crippen molar-refractivity contribution >= 4 is 46.1 Å². The van der Waals surface area contributed by atoms with Gasteiger partial charge in [0, 0.05) is 0 Å². The molecule has 0 saturated heterocycles. The summed E-state index contributed by atoms with van der Waals surface area (Å²) in [5, 5.41) is 41.1. The maximum Gasteiger partial charge on any atom is 2.00 e. The fraction of sp³-hybridized carbons (Fsp3) is 0. The van der Waals surface area contributed by atoms with E-state index >= 15 is 0 Å². The van der Waals surface area contributed by atoms with E-state index in [-0.39, 0.29) is 69.1 Å². The number of hydrogen-bond donors (Lipinski definition) is 0. The molecule has 4 nitrogen and oxygen atoms in total. The number of benzene rings is 4. The molecule has 0 bridgehead atoms. The summed E-state index contributed by atoms with van der Waals surface area (Å²) in [4.78, 5) is 0. The van der Waals surface area contributed by atoms with Gasteiger partial charge in [0.15, 0.2) is 0 Å². The van der Waals surface area contributed by atoms with E-state index in [1.807, 2.05) is 24.3 Å². The molecule has 0 unspecified atom stereocenters. The summed E-state index contributed by atoms with van der Waals surface area (Å²) < 4.78 is 0. The first kappa shape index (κ1) is 29.8. The molecule has 0 fully saturated rings. The van der Waals surface area contributed by atoms with Gasteiger partial charge in [0.2, 0.25) is 0 Å². The number of para-hydroxylation sites is 4. The Morgan fingerprint density at radius 2 is 0.400 bits per heavy atom. The average molecular weight is 421 g/mol. The van der Waals surface area contributed by atoms with E-state index in [0.29, 0.717) is 0 Å². The minimum Gasteiger partial charge on any atom is -0.872 e. The van der Waals surface area contributed by atoms with Gasteiger partial charge in [-0.3, -0.25) is 0 Å². The maximum atomic E-state index is 10.3. The van der Waals surface area contributed by atoms with Crippen LogP contribution in [0.15, 0.2) is 121 Å². The Kier molecular flexibility index (Phi) is 19.8. The molecule has 6 heteroatoms. The van der Waals surface area contributed by atoms with Crippen molar-refractivity contribution in [1.29, 1.82) is 0 Å². The van der Waals surface area contributed by atoms with Gasteiger partial charge in [-0.1, -0.05) is 121 Å². The molecule has 0 radical (unpaired) electrons. The first-order valence-electron chi connectivity index (χ1n) is 8.46. The Morgan fingerprint density at radius 1 is 0.267 bits per heavy atom. The van der Waals surface area contributed by atoms with Crippen molar-refractivity contribution < 1.29 is 20.4 Å². The van der Waals surface area contributed by atoms with Crippen LogP contribution in [0.4, 0.5) is 0 Å². The molecule has 144 valence electrons.